The van der Waals surface area contributed by atoms with Gasteiger partial charge in [0.05, 0.1) is 0 Å². The molecule has 0 spiro atoms. The molecule has 0 aliphatic carbocycles. The molecule has 0 amide bonds. The topological polar surface area (TPSA) is 37.3 Å². The molecule has 0 unspecified atom stereocenters. The molecule has 0 fully saturated rings. The van der Waals surface area contributed by atoms with Gasteiger partial charge in [-0.1, -0.05) is 30.9 Å². The Hall–Kier alpha value is -1.31. The molecule has 1 N–H and O–H groups in total. The van der Waals surface area contributed by atoms with Gasteiger partial charge in [-0.3, -0.25) is 0 Å². The Kier molecular flexibility index (Phi) is 7.90. The normalized spacial score (nSPS) is 11.1. The summed E-state index contributed by atoms with van der Waals surface area (Å²) in [5.41, 5.74) is 0. The summed E-state index contributed by atoms with van der Waals surface area (Å²) in [5.74, 6) is -0.869. The smallest absolute Gasteiger partial charge is 0.327 e. The van der Waals surface area contributed by atoms with E-state index in [1.165, 1.54) is 6.08 Å². The van der Waals surface area contributed by atoms with E-state index in [9.17, 15) is 4.79 Å². The number of unbranched alkanes of at least 4 members (excludes halogenated alkanes) is 3. The second-order valence-electron chi connectivity index (χ2n) is 2.69. The van der Waals surface area contributed by atoms with Crippen molar-refractivity contribution < 1.29 is 9.90 Å². The van der Waals surface area contributed by atoms with E-state index in [-0.39, 0.29) is 0 Å². The van der Waals surface area contributed by atoms with E-state index in [2.05, 4.69) is 12.7 Å². The van der Waals surface area contributed by atoms with Gasteiger partial charge in [0, 0.05) is 6.08 Å². The van der Waals surface area contributed by atoms with Gasteiger partial charge >= 0.3 is 5.97 Å². The van der Waals surface area contributed by atoms with Crippen LogP contribution in [0, 0.1) is 0 Å². The zero-order valence-corrected chi connectivity index (χ0v) is 7.78. The monoisotopic (exact) mass is 180 g/mol. The number of carbonyl (C=O) groups is 1. The van der Waals surface area contributed by atoms with Crippen LogP contribution in [0.4, 0.5) is 0 Å². The minimum Gasteiger partial charge on any atom is -0.478 e. The van der Waals surface area contributed by atoms with Crippen LogP contribution in [0.3, 0.4) is 0 Å². The van der Waals surface area contributed by atoms with Crippen molar-refractivity contribution in [1.82, 2.24) is 0 Å². The molecule has 2 nitrogen and oxygen atoms in total. The molecule has 0 aromatic rings. The first kappa shape index (κ1) is 11.7. The summed E-state index contributed by atoms with van der Waals surface area (Å²) in [6.45, 7) is 3.56. The summed E-state index contributed by atoms with van der Waals surface area (Å²) < 4.78 is 0. The minimum absolute atomic E-state index is 0.841. The van der Waals surface area contributed by atoms with Crippen molar-refractivity contribution in [3.8, 4) is 0 Å². The Morgan fingerprint density at radius 2 is 1.85 bits per heavy atom. The predicted molar refractivity (Wildman–Crippen MR) is 54.6 cm³/mol. The van der Waals surface area contributed by atoms with Gasteiger partial charge in [0.2, 0.25) is 0 Å². The van der Waals surface area contributed by atoms with E-state index in [1.807, 2.05) is 6.08 Å². The molecule has 0 aromatic carbocycles. The van der Waals surface area contributed by atoms with Crippen LogP contribution in [0.5, 0.6) is 0 Å². The fraction of sp³-hybridized carbons (Fsp3) is 0.364. The molecule has 72 valence electrons. The fourth-order valence-electron chi connectivity index (χ4n) is 0.901. The Bertz CT molecular complexity index is 202. The highest BCUT2D eigenvalue weighted by molar-refractivity contribution is 5.79. The molecule has 0 atom stereocenters. The second-order valence-corrected chi connectivity index (χ2v) is 2.69. The molecule has 0 aliphatic rings. The van der Waals surface area contributed by atoms with Crippen molar-refractivity contribution in [3.63, 3.8) is 0 Å². The standard InChI is InChI=1S/C11H16O2/c1-2-3-4-5-6-7-8-9-10-11(12)13/h2-4,9-10H,1,5-8H2,(H,12,13). The van der Waals surface area contributed by atoms with Gasteiger partial charge < -0.3 is 5.11 Å². The first-order chi connectivity index (χ1) is 6.27. The van der Waals surface area contributed by atoms with Gasteiger partial charge in [0.1, 0.15) is 0 Å². The minimum atomic E-state index is -0.869. The van der Waals surface area contributed by atoms with Crippen molar-refractivity contribution in [2.24, 2.45) is 0 Å². The SMILES string of the molecule is C=CC=CCCCCC=CC(=O)O. The van der Waals surface area contributed by atoms with Gasteiger partial charge in [0.15, 0.2) is 0 Å². The quantitative estimate of drug-likeness (QED) is 0.371. The third-order valence-electron chi connectivity index (χ3n) is 1.52. The zero-order valence-electron chi connectivity index (χ0n) is 7.78. The molecule has 0 aliphatic heterocycles. The van der Waals surface area contributed by atoms with E-state index in [4.69, 9.17) is 5.11 Å². The van der Waals surface area contributed by atoms with Gasteiger partial charge in [-0.05, 0) is 25.7 Å². The van der Waals surface area contributed by atoms with Crippen molar-refractivity contribution >= 4 is 5.97 Å². The van der Waals surface area contributed by atoms with Gasteiger partial charge in [0.25, 0.3) is 0 Å². The Labute approximate surface area is 79.3 Å². The number of carboxylic acid groups (broad SMARTS) is 1. The molecule has 13 heavy (non-hydrogen) atoms. The van der Waals surface area contributed by atoms with Crippen LogP contribution in [0.25, 0.3) is 0 Å². The number of hydrogen-bond acceptors (Lipinski definition) is 1. The van der Waals surface area contributed by atoms with Crippen LogP contribution in [0.1, 0.15) is 25.7 Å². The van der Waals surface area contributed by atoms with Crippen molar-refractivity contribution in [2.45, 2.75) is 25.7 Å². The highest BCUT2D eigenvalue weighted by Gasteiger charge is 1.85. The number of hydrogen-bond donors (Lipinski definition) is 1. The fourth-order valence-corrected chi connectivity index (χ4v) is 0.901. The summed E-state index contributed by atoms with van der Waals surface area (Å²) in [4.78, 5) is 10.1. The van der Waals surface area contributed by atoms with Crippen LogP contribution in [0.15, 0.2) is 37.0 Å². The number of rotatable bonds is 7. The lowest BCUT2D eigenvalue weighted by Crippen LogP contribution is -1.85. The van der Waals surface area contributed by atoms with Crippen LogP contribution in [-0.2, 0) is 4.79 Å². The molecule has 0 aromatic heterocycles. The van der Waals surface area contributed by atoms with Crippen molar-refractivity contribution in [2.75, 3.05) is 0 Å². The maximum absolute atomic E-state index is 10.1. The third-order valence-corrected chi connectivity index (χ3v) is 1.52. The summed E-state index contributed by atoms with van der Waals surface area (Å²) in [7, 11) is 0. The van der Waals surface area contributed by atoms with E-state index in [1.54, 1.807) is 12.2 Å². The summed E-state index contributed by atoms with van der Waals surface area (Å²) >= 11 is 0. The molecule has 0 bridgehead atoms. The Morgan fingerprint density at radius 3 is 2.38 bits per heavy atom. The van der Waals surface area contributed by atoms with E-state index in [0.717, 1.165) is 25.7 Å². The lowest BCUT2D eigenvalue weighted by Gasteiger charge is -1.91. The number of allylic oxidation sites excluding steroid dienone is 4. The lowest BCUT2D eigenvalue weighted by molar-refractivity contribution is -0.131. The van der Waals surface area contributed by atoms with Crippen LogP contribution in [-0.4, -0.2) is 11.1 Å². The van der Waals surface area contributed by atoms with Crippen LogP contribution < -0.4 is 0 Å². The van der Waals surface area contributed by atoms with Crippen molar-refractivity contribution in [3.05, 3.63) is 37.0 Å². The Balaban J connectivity index is 3.21. The zero-order chi connectivity index (χ0) is 9.94. The molecule has 0 radical (unpaired) electrons. The predicted octanol–water partition coefficient (Wildman–Crippen LogP) is 2.93. The highest BCUT2D eigenvalue weighted by atomic mass is 16.4. The maximum Gasteiger partial charge on any atom is 0.327 e. The van der Waals surface area contributed by atoms with Gasteiger partial charge in [-0.15, -0.1) is 0 Å². The molecule has 2 heteroatoms. The maximum atomic E-state index is 10.1. The van der Waals surface area contributed by atoms with Crippen LogP contribution >= 0.6 is 0 Å². The second kappa shape index (κ2) is 8.78. The van der Waals surface area contributed by atoms with E-state index in [0.29, 0.717) is 0 Å². The van der Waals surface area contributed by atoms with Crippen molar-refractivity contribution in [1.29, 1.82) is 0 Å². The summed E-state index contributed by atoms with van der Waals surface area (Å²) in [5, 5.41) is 8.28. The van der Waals surface area contributed by atoms with Crippen LogP contribution in [0.2, 0.25) is 0 Å². The molecule has 0 saturated heterocycles. The average Bonchev–Trinajstić information content (AvgIpc) is 2.09. The highest BCUT2D eigenvalue weighted by Crippen LogP contribution is 2.01. The molecular weight excluding hydrogens is 164 g/mol. The van der Waals surface area contributed by atoms with E-state index >= 15 is 0 Å². The summed E-state index contributed by atoms with van der Waals surface area (Å²) in [6.07, 6.45) is 12.6. The molecule has 0 rings (SSSR count). The lowest BCUT2D eigenvalue weighted by atomic mass is 10.2. The van der Waals surface area contributed by atoms with Gasteiger partial charge in [-0.25, -0.2) is 4.79 Å². The first-order valence-corrected chi connectivity index (χ1v) is 4.44. The first-order valence-electron chi connectivity index (χ1n) is 4.44. The molecule has 0 heterocycles. The molecule has 0 saturated carbocycles. The Morgan fingerprint density at radius 1 is 1.23 bits per heavy atom. The van der Waals surface area contributed by atoms with Gasteiger partial charge in [-0.2, -0.15) is 0 Å². The third kappa shape index (κ3) is 10.7. The average molecular weight is 180 g/mol. The summed E-state index contributed by atoms with van der Waals surface area (Å²) in [6, 6.07) is 0. The number of carboxylic acids is 1. The largest absolute Gasteiger partial charge is 0.478 e. The number of aliphatic carboxylic acids is 1. The molecular formula is C11H16O2. The van der Waals surface area contributed by atoms with E-state index < -0.39 is 5.97 Å².